The lowest BCUT2D eigenvalue weighted by molar-refractivity contribution is 0.0696. The number of carbonyl (C=O) groups is 1. The molecule has 0 aliphatic rings. The van der Waals surface area contributed by atoms with Crippen molar-refractivity contribution in [2.24, 2.45) is 7.05 Å². The highest BCUT2D eigenvalue weighted by atomic mass is 19.1. The SMILES string of the molecule is Cc1c(C(=O)O)c(-c2nnc(-c3ccc(F)cc3)o2)c(C)n1C. The summed E-state index contributed by atoms with van der Waals surface area (Å²) in [5, 5.41) is 17.3. The maximum Gasteiger partial charge on any atom is 0.338 e. The van der Waals surface area contributed by atoms with E-state index in [-0.39, 0.29) is 23.2 Å². The molecular weight excluding hydrogens is 301 g/mol. The molecule has 0 unspecified atom stereocenters. The van der Waals surface area contributed by atoms with Gasteiger partial charge in [0.25, 0.3) is 5.89 Å². The molecule has 6 nitrogen and oxygen atoms in total. The van der Waals surface area contributed by atoms with Crippen LogP contribution in [0, 0.1) is 19.7 Å². The number of hydrogen-bond donors (Lipinski definition) is 1. The quantitative estimate of drug-likeness (QED) is 0.802. The van der Waals surface area contributed by atoms with Crippen molar-refractivity contribution in [2.75, 3.05) is 0 Å². The van der Waals surface area contributed by atoms with Crippen LogP contribution in [-0.2, 0) is 7.05 Å². The first-order chi connectivity index (χ1) is 10.9. The fourth-order valence-electron chi connectivity index (χ4n) is 2.51. The van der Waals surface area contributed by atoms with Gasteiger partial charge in [-0.2, -0.15) is 0 Å². The Morgan fingerprint density at radius 1 is 1.13 bits per heavy atom. The van der Waals surface area contributed by atoms with E-state index in [0.717, 1.165) is 0 Å². The second-order valence-corrected chi connectivity index (χ2v) is 5.20. The van der Waals surface area contributed by atoms with Gasteiger partial charge in [-0.15, -0.1) is 10.2 Å². The van der Waals surface area contributed by atoms with Crippen molar-refractivity contribution in [3.05, 3.63) is 47.0 Å². The monoisotopic (exact) mass is 315 g/mol. The van der Waals surface area contributed by atoms with Crippen molar-refractivity contribution < 1.29 is 18.7 Å². The van der Waals surface area contributed by atoms with Gasteiger partial charge in [-0.05, 0) is 38.1 Å². The normalized spacial score (nSPS) is 11.0. The van der Waals surface area contributed by atoms with Gasteiger partial charge in [0.15, 0.2) is 0 Å². The van der Waals surface area contributed by atoms with Gasteiger partial charge in [0, 0.05) is 24.0 Å². The number of aromatic carboxylic acids is 1. The lowest BCUT2D eigenvalue weighted by Crippen LogP contribution is -2.00. The Morgan fingerprint density at radius 2 is 1.74 bits per heavy atom. The summed E-state index contributed by atoms with van der Waals surface area (Å²) in [5.41, 5.74) is 2.42. The molecule has 3 rings (SSSR count). The van der Waals surface area contributed by atoms with Crippen LogP contribution in [0.2, 0.25) is 0 Å². The Kier molecular flexibility index (Phi) is 3.48. The van der Waals surface area contributed by atoms with E-state index in [4.69, 9.17) is 4.42 Å². The molecular formula is C16H14FN3O3. The Balaban J connectivity index is 2.13. The summed E-state index contributed by atoms with van der Waals surface area (Å²) >= 11 is 0. The summed E-state index contributed by atoms with van der Waals surface area (Å²) in [6.07, 6.45) is 0. The molecule has 118 valence electrons. The fraction of sp³-hybridized carbons (Fsp3) is 0.188. The van der Waals surface area contributed by atoms with Crippen LogP contribution in [0.25, 0.3) is 22.9 Å². The molecule has 0 bridgehead atoms. The molecule has 0 aliphatic carbocycles. The summed E-state index contributed by atoms with van der Waals surface area (Å²) < 4.78 is 20.4. The summed E-state index contributed by atoms with van der Waals surface area (Å²) in [7, 11) is 1.78. The lowest BCUT2D eigenvalue weighted by atomic mass is 10.1. The summed E-state index contributed by atoms with van der Waals surface area (Å²) in [6, 6.07) is 5.63. The average molecular weight is 315 g/mol. The molecule has 0 aliphatic heterocycles. The average Bonchev–Trinajstić information content (AvgIpc) is 3.07. The third-order valence-corrected chi connectivity index (χ3v) is 3.92. The van der Waals surface area contributed by atoms with Gasteiger partial charge in [-0.3, -0.25) is 0 Å². The van der Waals surface area contributed by atoms with Gasteiger partial charge in [-0.1, -0.05) is 0 Å². The number of carboxylic acid groups (broad SMARTS) is 1. The number of rotatable bonds is 3. The van der Waals surface area contributed by atoms with Crippen LogP contribution in [0.3, 0.4) is 0 Å². The fourth-order valence-corrected chi connectivity index (χ4v) is 2.51. The Hall–Kier alpha value is -2.96. The van der Waals surface area contributed by atoms with E-state index in [1.54, 1.807) is 25.5 Å². The number of hydrogen-bond acceptors (Lipinski definition) is 4. The standard InChI is InChI=1S/C16H14FN3O3/c1-8-12(13(16(21)22)9(2)20(8)3)15-19-18-14(23-15)10-4-6-11(17)7-5-10/h4-7H,1-3H3,(H,21,22). The number of nitrogens with zero attached hydrogens (tertiary/aromatic N) is 3. The minimum Gasteiger partial charge on any atom is -0.478 e. The molecule has 0 spiro atoms. The molecule has 0 saturated heterocycles. The molecule has 2 heterocycles. The predicted octanol–water partition coefficient (Wildman–Crippen LogP) is 3.20. The van der Waals surface area contributed by atoms with Crippen LogP contribution < -0.4 is 0 Å². The molecule has 0 fully saturated rings. The van der Waals surface area contributed by atoms with E-state index in [1.807, 2.05) is 0 Å². The smallest absolute Gasteiger partial charge is 0.338 e. The summed E-state index contributed by atoms with van der Waals surface area (Å²) in [4.78, 5) is 11.6. The van der Waals surface area contributed by atoms with Crippen molar-refractivity contribution in [3.8, 4) is 22.9 Å². The third-order valence-electron chi connectivity index (χ3n) is 3.92. The van der Waals surface area contributed by atoms with Crippen LogP contribution in [0.4, 0.5) is 4.39 Å². The largest absolute Gasteiger partial charge is 0.478 e. The predicted molar refractivity (Wildman–Crippen MR) is 80.5 cm³/mol. The molecule has 0 amide bonds. The molecule has 3 aromatic rings. The minimum atomic E-state index is -1.05. The first-order valence-corrected chi connectivity index (χ1v) is 6.89. The highest BCUT2D eigenvalue weighted by Gasteiger charge is 2.26. The Morgan fingerprint density at radius 3 is 2.35 bits per heavy atom. The number of halogens is 1. The van der Waals surface area contributed by atoms with E-state index in [2.05, 4.69) is 10.2 Å². The highest BCUT2D eigenvalue weighted by molar-refractivity contribution is 5.97. The van der Waals surface area contributed by atoms with Crippen LogP contribution in [0.15, 0.2) is 28.7 Å². The van der Waals surface area contributed by atoms with E-state index >= 15 is 0 Å². The Labute approximate surface area is 131 Å². The van der Waals surface area contributed by atoms with Crippen LogP contribution >= 0.6 is 0 Å². The third kappa shape index (κ3) is 2.40. The van der Waals surface area contributed by atoms with Crippen molar-refractivity contribution >= 4 is 5.97 Å². The van der Waals surface area contributed by atoms with Crippen LogP contribution in [0.1, 0.15) is 21.7 Å². The second kappa shape index (κ2) is 5.35. The van der Waals surface area contributed by atoms with Gasteiger partial charge in [0.05, 0.1) is 11.1 Å². The van der Waals surface area contributed by atoms with Crippen molar-refractivity contribution in [3.63, 3.8) is 0 Å². The zero-order valence-corrected chi connectivity index (χ0v) is 12.8. The van der Waals surface area contributed by atoms with Gasteiger partial charge >= 0.3 is 5.97 Å². The van der Waals surface area contributed by atoms with Crippen molar-refractivity contribution in [1.29, 1.82) is 0 Å². The van der Waals surface area contributed by atoms with E-state index < -0.39 is 5.97 Å². The highest BCUT2D eigenvalue weighted by Crippen LogP contribution is 2.32. The van der Waals surface area contributed by atoms with Gasteiger partial charge in [0.2, 0.25) is 5.89 Å². The van der Waals surface area contributed by atoms with E-state index in [0.29, 0.717) is 22.5 Å². The zero-order valence-electron chi connectivity index (χ0n) is 12.8. The first kappa shape index (κ1) is 15.0. The first-order valence-electron chi connectivity index (χ1n) is 6.89. The van der Waals surface area contributed by atoms with E-state index in [9.17, 15) is 14.3 Å². The number of carboxylic acids is 1. The number of benzene rings is 1. The molecule has 23 heavy (non-hydrogen) atoms. The molecule has 0 radical (unpaired) electrons. The van der Waals surface area contributed by atoms with Crippen molar-refractivity contribution in [1.82, 2.24) is 14.8 Å². The zero-order chi connectivity index (χ0) is 16.7. The molecule has 0 atom stereocenters. The van der Waals surface area contributed by atoms with Gasteiger partial charge in [0.1, 0.15) is 5.82 Å². The molecule has 1 N–H and O–H groups in total. The maximum absolute atomic E-state index is 13.0. The van der Waals surface area contributed by atoms with Gasteiger partial charge in [-0.25, -0.2) is 9.18 Å². The minimum absolute atomic E-state index is 0.128. The van der Waals surface area contributed by atoms with E-state index in [1.165, 1.54) is 24.3 Å². The molecule has 1 aromatic carbocycles. The maximum atomic E-state index is 13.0. The van der Waals surface area contributed by atoms with Gasteiger partial charge < -0.3 is 14.1 Å². The second-order valence-electron chi connectivity index (χ2n) is 5.20. The molecule has 0 saturated carbocycles. The van der Waals surface area contributed by atoms with Crippen LogP contribution in [0.5, 0.6) is 0 Å². The molecule has 2 aromatic heterocycles. The van der Waals surface area contributed by atoms with Crippen LogP contribution in [-0.4, -0.2) is 25.8 Å². The topological polar surface area (TPSA) is 81.2 Å². The summed E-state index contributed by atoms with van der Waals surface area (Å²) in [5.74, 6) is -1.08. The molecule has 7 heteroatoms. The Bertz CT molecular complexity index is 894. The lowest BCUT2D eigenvalue weighted by Gasteiger charge is -1.98. The summed E-state index contributed by atoms with van der Waals surface area (Å²) in [6.45, 7) is 3.51. The van der Waals surface area contributed by atoms with Crippen molar-refractivity contribution in [2.45, 2.75) is 13.8 Å². The number of aromatic nitrogens is 3.